The summed E-state index contributed by atoms with van der Waals surface area (Å²) in [7, 11) is 5.63. The SMILES string of the molecule is [B]c1ccc(-c2nc3ccncc3c(C(=O)O)c2O)cc1. The molecule has 0 bridgehead atoms. The summed E-state index contributed by atoms with van der Waals surface area (Å²) in [6.07, 6.45) is 2.89. The van der Waals surface area contributed by atoms with Gasteiger partial charge < -0.3 is 10.2 Å². The molecule has 0 aliphatic heterocycles. The maximum Gasteiger partial charge on any atom is 0.340 e. The van der Waals surface area contributed by atoms with Gasteiger partial charge in [0.15, 0.2) is 5.75 Å². The number of pyridine rings is 2. The Kier molecular flexibility index (Phi) is 3.06. The first-order chi connectivity index (χ1) is 10.1. The molecular weight excluding hydrogens is 267 g/mol. The van der Waals surface area contributed by atoms with Crippen LogP contribution in [0.3, 0.4) is 0 Å². The first-order valence-corrected chi connectivity index (χ1v) is 6.14. The predicted octanol–water partition coefficient (Wildman–Crippen LogP) is 1.49. The summed E-state index contributed by atoms with van der Waals surface area (Å²) in [5.41, 5.74) is 1.60. The molecule has 0 aliphatic carbocycles. The van der Waals surface area contributed by atoms with Crippen LogP contribution >= 0.6 is 0 Å². The predicted molar refractivity (Wildman–Crippen MR) is 79.0 cm³/mol. The van der Waals surface area contributed by atoms with E-state index in [0.717, 1.165) is 0 Å². The van der Waals surface area contributed by atoms with E-state index in [1.54, 1.807) is 30.3 Å². The van der Waals surface area contributed by atoms with E-state index in [2.05, 4.69) is 9.97 Å². The van der Waals surface area contributed by atoms with Crippen LogP contribution < -0.4 is 5.46 Å². The van der Waals surface area contributed by atoms with Gasteiger partial charge in [0.1, 0.15) is 19.1 Å². The molecule has 6 heteroatoms. The van der Waals surface area contributed by atoms with Gasteiger partial charge in [-0.05, 0) is 6.07 Å². The zero-order chi connectivity index (χ0) is 15.0. The minimum Gasteiger partial charge on any atom is -0.505 e. The van der Waals surface area contributed by atoms with Gasteiger partial charge in [-0.15, -0.1) is 0 Å². The van der Waals surface area contributed by atoms with Crippen LogP contribution in [0.5, 0.6) is 5.75 Å². The molecule has 21 heavy (non-hydrogen) atoms. The lowest BCUT2D eigenvalue weighted by Crippen LogP contribution is -2.03. The summed E-state index contributed by atoms with van der Waals surface area (Å²) in [4.78, 5) is 19.6. The Balaban J connectivity index is 2.36. The third-order valence-corrected chi connectivity index (χ3v) is 3.16. The van der Waals surface area contributed by atoms with Crippen molar-refractivity contribution in [3.8, 4) is 17.0 Å². The second-order valence-corrected chi connectivity index (χ2v) is 4.50. The number of aromatic carboxylic acids is 1. The summed E-state index contributed by atoms with van der Waals surface area (Å²) in [5, 5.41) is 19.9. The van der Waals surface area contributed by atoms with Crippen molar-refractivity contribution in [3.05, 3.63) is 48.3 Å². The number of hydrogen-bond donors (Lipinski definition) is 2. The van der Waals surface area contributed by atoms with Crippen molar-refractivity contribution in [2.24, 2.45) is 0 Å². The monoisotopic (exact) mass is 276 g/mol. The van der Waals surface area contributed by atoms with Gasteiger partial charge in [-0.25, -0.2) is 9.78 Å². The number of nitrogens with zero attached hydrogens (tertiary/aromatic N) is 2. The highest BCUT2D eigenvalue weighted by atomic mass is 16.4. The van der Waals surface area contributed by atoms with E-state index in [1.807, 2.05) is 0 Å². The van der Waals surface area contributed by atoms with E-state index in [4.69, 9.17) is 7.85 Å². The maximum absolute atomic E-state index is 11.4. The van der Waals surface area contributed by atoms with Crippen LogP contribution in [0.2, 0.25) is 0 Å². The molecule has 0 saturated carbocycles. The molecule has 0 fully saturated rings. The molecule has 5 nitrogen and oxygen atoms in total. The van der Waals surface area contributed by atoms with Crippen molar-refractivity contribution in [2.45, 2.75) is 0 Å². The molecule has 1 aromatic carbocycles. The van der Waals surface area contributed by atoms with Gasteiger partial charge in [0.05, 0.1) is 5.52 Å². The highest BCUT2D eigenvalue weighted by Gasteiger charge is 2.20. The largest absolute Gasteiger partial charge is 0.505 e. The summed E-state index contributed by atoms with van der Waals surface area (Å²) in [5.74, 6) is -1.61. The number of carbonyl (C=O) groups is 1. The summed E-state index contributed by atoms with van der Waals surface area (Å²) < 4.78 is 0. The lowest BCUT2D eigenvalue weighted by molar-refractivity contribution is 0.0696. The number of aromatic hydroxyl groups is 1. The Morgan fingerprint density at radius 3 is 2.52 bits per heavy atom. The first kappa shape index (κ1) is 13.1. The zero-order valence-electron chi connectivity index (χ0n) is 10.8. The number of fused-ring (bicyclic) bond motifs is 1. The first-order valence-electron chi connectivity index (χ1n) is 6.14. The number of rotatable bonds is 2. The molecule has 0 atom stereocenters. The quantitative estimate of drug-likeness (QED) is 0.693. The molecule has 0 spiro atoms. The summed E-state index contributed by atoms with van der Waals surface area (Å²) in [6.45, 7) is 0. The Labute approximate surface area is 121 Å². The molecule has 2 aromatic heterocycles. The molecular formula is C15H9BN2O3. The Morgan fingerprint density at radius 2 is 1.86 bits per heavy atom. The smallest absolute Gasteiger partial charge is 0.340 e. The minimum atomic E-state index is -1.23. The molecule has 0 amide bonds. The van der Waals surface area contributed by atoms with Crippen molar-refractivity contribution in [3.63, 3.8) is 0 Å². The summed E-state index contributed by atoms with van der Waals surface area (Å²) >= 11 is 0. The van der Waals surface area contributed by atoms with Crippen LogP contribution in [-0.2, 0) is 0 Å². The van der Waals surface area contributed by atoms with E-state index in [1.165, 1.54) is 12.4 Å². The van der Waals surface area contributed by atoms with Crippen molar-refractivity contribution < 1.29 is 15.0 Å². The van der Waals surface area contributed by atoms with Gasteiger partial charge in [0.25, 0.3) is 0 Å². The Bertz CT molecular complexity index is 847. The van der Waals surface area contributed by atoms with Crippen LogP contribution in [0, 0.1) is 0 Å². The number of aromatic nitrogens is 2. The van der Waals surface area contributed by atoms with E-state index in [9.17, 15) is 15.0 Å². The fraction of sp³-hybridized carbons (Fsp3) is 0. The highest BCUT2D eigenvalue weighted by Crippen LogP contribution is 2.34. The lowest BCUT2D eigenvalue weighted by atomic mass is 9.94. The molecule has 0 aliphatic rings. The van der Waals surface area contributed by atoms with Crippen LogP contribution in [0.4, 0.5) is 0 Å². The second-order valence-electron chi connectivity index (χ2n) is 4.50. The fourth-order valence-electron chi connectivity index (χ4n) is 2.16. The number of carboxylic acid groups (broad SMARTS) is 1. The standard InChI is InChI=1S/C15H9BN2O3/c16-9-3-1-8(2-4-9)13-14(19)12(15(20)21)10-7-17-6-5-11(10)18-13/h1-7,19H,(H,20,21). The molecule has 2 heterocycles. The Hall–Kier alpha value is -2.89. The van der Waals surface area contributed by atoms with E-state index in [-0.39, 0.29) is 17.0 Å². The Morgan fingerprint density at radius 1 is 1.14 bits per heavy atom. The highest BCUT2D eigenvalue weighted by molar-refractivity contribution is 6.32. The van der Waals surface area contributed by atoms with Crippen molar-refractivity contribution >= 4 is 30.2 Å². The van der Waals surface area contributed by atoms with Gasteiger partial charge in [0, 0.05) is 23.3 Å². The van der Waals surface area contributed by atoms with E-state index < -0.39 is 5.97 Å². The molecule has 2 radical (unpaired) electrons. The van der Waals surface area contributed by atoms with Crippen LogP contribution in [0.1, 0.15) is 10.4 Å². The molecule has 100 valence electrons. The second kappa shape index (κ2) is 4.90. The van der Waals surface area contributed by atoms with Crippen molar-refractivity contribution in [1.29, 1.82) is 0 Å². The molecule has 2 N–H and O–H groups in total. The van der Waals surface area contributed by atoms with Gasteiger partial charge in [0.2, 0.25) is 0 Å². The third kappa shape index (κ3) is 2.20. The van der Waals surface area contributed by atoms with Gasteiger partial charge in [-0.2, -0.15) is 0 Å². The minimum absolute atomic E-state index is 0.200. The number of benzene rings is 1. The molecule has 3 rings (SSSR count). The number of hydrogen-bond acceptors (Lipinski definition) is 4. The van der Waals surface area contributed by atoms with Gasteiger partial charge in [-0.1, -0.05) is 29.7 Å². The topological polar surface area (TPSA) is 83.3 Å². The molecule has 0 saturated heterocycles. The molecule has 0 unspecified atom stereocenters. The van der Waals surface area contributed by atoms with Crippen LogP contribution in [0.25, 0.3) is 22.2 Å². The van der Waals surface area contributed by atoms with Gasteiger partial charge >= 0.3 is 5.97 Å². The average molecular weight is 276 g/mol. The zero-order valence-corrected chi connectivity index (χ0v) is 10.8. The summed E-state index contributed by atoms with van der Waals surface area (Å²) in [6, 6.07) is 8.27. The van der Waals surface area contributed by atoms with Crippen LogP contribution in [0.15, 0.2) is 42.7 Å². The van der Waals surface area contributed by atoms with E-state index in [0.29, 0.717) is 21.9 Å². The normalized spacial score (nSPS) is 10.7. The fourth-order valence-corrected chi connectivity index (χ4v) is 2.16. The lowest BCUT2D eigenvalue weighted by Gasteiger charge is -2.10. The third-order valence-electron chi connectivity index (χ3n) is 3.16. The van der Waals surface area contributed by atoms with E-state index >= 15 is 0 Å². The van der Waals surface area contributed by atoms with Gasteiger partial charge in [-0.3, -0.25) is 4.98 Å². The average Bonchev–Trinajstić information content (AvgIpc) is 2.47. The van der Waals surface area contributed by atoms with Crippen molar-refractivity contribution in [2.75, 3.05) is 0 Å². The van der Waals surface area contributed by atoms with Crippen molar-refractivity contribution in [1.82, 2.24) is 9.97 Å². The maximum atomic E-state index is 11.4. The number of carboxylic acids is 1. The molecule has 3 aromatic rings. The van der Waals surface area contributed by atoms with Crippen LogP contribution in [-0.4, -0.2) is 34.0 Å².